The van der Waals surface area contributed by atoms with Crippen molar-refractivity contribution in [2.24, 2.45) is 11.8 Å². The third-order valence-corrected chi connectivity index (χ3v) is 3.29. The average Bonchev–Trinajstić information content (AvgIpc) is 2.62. The van der Waals surface area contributed by atoms with E-state index < -0.39 is 0 Å². The molecule has 0 aromatic heterocycles. The molecule has 2 rings (SSSR count). The molecule has 1 aliphatic carbocycles. The van der Waals surface area contributed by atoms with Crippen molar-refractivity contribution in [3.63, 3.8) is 0 Å². The maximum atomic E-state index is 11.5. The molecular weight excluding hydrogens is 166 g/mol. The van der Waals surface area contributed by atoms with Gasteiger partial charge in [0.2, 0.25) is 0 Å². The van der Waals surface area contributed by atoms with Gasteiger partial charge < -0.3 is 10.1 Å². The van der Waals surface area contributed by atoms with E-state index in [1.807, 2.05) is 6.92 Å². The van der Waals surface area contributed by atoms with Crippen molar-refractivity contribution in [3.05, 3.63) is 0 Å². The summed E-state index contributed by atoms with van der Waals surface area (Å²) in [6, 6.07) is -0.00699. The second-order valence-corrected chi connectivity index (χ2v) is 3.99. The molecule has 1 saturated heterocycles. The molecule has 3 nitrogen and oxygen atoms in total. The molecule has 2 aliphatic rings. The van der Waals surface area contributed by atoms with Gasteiger partial charge in [-0.1, -0.05) is 6.42 Å². The van der Waals surface area contributed by atoms with Crippen LogP contribution in [-0.2, 0) is 9.53 Å². The Labute approximate surface area is 78.8 Å². The molecule has 0 aromatic rings. The Morgan fingerprint density at radius 2 is 2.38 bits per heavy atom. The highest BCUT2D eigenvalue weighted by Gasteiger charge is 2.42. The number of hydrogen-bond acceptors (Lipinski definition) is 3. The van der Waals surface area contributed by atoms with Gasteiger partial charge in [-0.2, -0.15) is 0 Å². The molecule has 0 spiro atoms. The first-order chi connectivity index (χ1) is 6.33. The number of hydrogen-bond donors (Lipinski definition) is 1. The molecule has 0 bridgehead atoms. The SMILES string of the molecule is CCOC(=O)C1NC[C@@H]2CCC[C@H]12. The Bertz CT molecular complexity index is 205. The lowest BCUT2D eigenvalue weighted by atomic mass is 9.94. The van der Waals surface area contributed by atoms with E-state index in [4.69, 9.17) is 4.74 Å². The molecule has 0 radical (unpaired) electrons. The third kappa shape index (κ3) is 1.57. The topological polar surface area (TPSA) is 38.3 Å². The molecule has 1 heterocycles. The molecule has 3 atom stereocenters. The summed E-state index contributed by atoms with van der Waals surface area (Å²) in [5, 5.41) is 3.27. The van der Waals surface area contributed by atoms with Crippen LogP contribution in [0.3, 0.4) is 0 Å². The van der Waals surface area contributed by atoms with Crippen molar-refractivity contribution in [1.29, 1.82) is 0 Å². The number of carbonyl (C=O) groups is 1. The Morgan fingerprint density at radius 1 is 1.54 bits per heavy atom. The zero-order chi connectivity index (χ0) is 9.26. The molecule has 0 amide bonds. The van der Waals surface area contributed by atoms with Crippen LogP contribution in [0.25, 0.3) is 0 Å². The molecule has 13 heavy (non-hydrogen) atoms. The van der Waals surface area contributed by atoms with Gasteiger partial charge in [-0.15, -0.1) is 0 Å². The zero-order valence-electron chi connectivity index (χ0n) is 8.08. The van der Waals surface area contributed by atoms with E-state index in [-0.39, 0.29) is 12.0 Å². The van der Waals surface area contributed by atoms with Gasteiger partial charge in [0.25, 0.3) is 0 Å². The molecular formula is C10H17NO2. The number of nitrogens with one attached hydrogen (secondary N) is 1. The van der Waals surface area contributed by atoms with E-state index in [1.165, 1.54) is 19.3 Å². The van der Waals surface area contributed by atoms with Crippen LogP contribution in [0.1, 0.15) is 26.2 Å². The highest BCUT2D eigenvalue weighted by Crippen LogP contribution is 2.37. The summed E-state index contributed by atoms with van der Waals surface area (Å²) in [5.74, 6) is 1.24. The van der Waals surface area contributed by atoms with Crippen LogP contribution >= 0.6 is 0 Å². The van der Waals surface area contributed by atoms with Crippen molar-refractivity contribution in [1.82, 2.24) is 5.32 Å². The summed E-state index contributed by atoms with van der Waals surface area (Å²) in [6.07, 6.45) is 3.77. The van der Waals surface area contributed by atoms with Crippen molar-refractivity contribution < 1.29 is 9.53 Å². The van der Waals surface area contributed by atoms with Crippen LogP contribution in [0, 0.1) is 11.8 Å². The lowest BCUT2D eigenvalue weighted by Gasteiger charge is -2.15. The average molecular weight is 183 g/mol. The van der Waals surface area contributed by atoms with Crippen LogP contribution in [0.4, 0.5) is 0 Å². The summed E-state index contributed by atoms with van der Waals surface area (Å²) in [4.78, 5) is 11.5. The summed E-state index contributed by atoms with van der Waals surface area (Å²) in [5.41, 5.74) is 0. The minimum Gasteiger partial charge on any atom is -0.465 e. The van der Waals surface area contributed by atoms with Crippen molar-refractivity contribution in [3.8, 4) is 0 Å². The normalized spacial score (nSPS) is 37.5. The summed E-state index contributed by atoms with van der Waals surface area (Å²) in [6.45, 7) is 3.36. The van der Waals surface area contributed by atoms with Gasteiger partial charge in [-0.05, 0) is 38.1 Å². The number of ether oxygens (including phenoxy) is 1. The predicted octanol–water partition coefficient (Wildman–Crippen LogP) is 0.938. The molecule has 1 N–H and O–H groups in total. The first kappa shape index (κ1) is 9.00. The summed E-state index contributed by atoms with van der Waals surface area (Å²) in [7, 11) is 0. The second-order valence-electron chi connectivity index (χ2n) is 3.99. The minimum atomic E-state index is -0.0445. The minimum absolute atomic E-state index is 0.00699. The fourth-order valence-electron chi connectivity index (χ4n) is 2.68. The fourth-order valence-corrected chi connectivity index (χ4v) is 2.68. The monoisotopic (exact) mass is 183 g/mol. The second kappa shape index (κ2) is 3.66. The summed E-state index contributed by atoms with van der Waals surface area (Å²) >= 11 is 0. The van der Waals surface area contributed by atoms with Crippen LogP contribution in [0.2, 0.25) is 0 Å². The van der Waals surface area contributed by atoms with Gasteiger partial charge in [0.05, 0.1) is 6.61 Å². The van der Waals surface area contributed by atoms with Crippen LogP contribution in [0.5, 0.6) is 0 Å². The predicted molar refractivity (Wildman–Crippen MR) is 49.3 cm³/mol. The quantitative estimate of drug-likeness (QED) is 0.647. The zero-order valence-corrected chi connectivity index (χ0v) is 8.08. The highest BCUT2D eigenvalue weighted by molar-refractivity contribution is 5.76. The number of fused-ring (bicyclic) bond motifs is 1. The van der Waals surface area contributed by atoms with E-state index in [0.29, 0.717) is 12.5 Å². The Kier molecular flexibility index (Phi) is 2.54. The van der Waals surface area contributed by atoms with Gasteiger partial charge >= 0.3 is 5.97 Å². The van der Waals surface area contributed by atoms with Crippen molar-refractivity contribution in [2.45, 2.75) is 32.2 Å². The number of carbonyl (C=O) groups excluding carboxylic acids is 1. The maximum Gasteiger partial charge on any atom is 0.323 e. The molecule has 1 unspecified atom stereocenters. The molecule has 2 fully saturated rings. The van der Waals surface area contributed by atoms with Gasteiger partial charge in [0.15, 0.2) is 0 Å². The molecule has 1 aliphatic heterocycles. The molecule has 1 saturated carbocycles. The Hall–Kier alpha value is -0.570. The largest absolute Gasteiger partial charge is 0.465 e. The molecule has 0 aromatic carbocycles. The van der Waals surface area contributed by atoms with Crippen LogP contribution in [0.15, 0.2) is 0 Å². The van der Waals surface area contributed by atoms with Gasteiger partial charge in [-0.3, -0.25) is 4.79 Å². The first-order valence-corrected chi connectivity index (χ1v) is 5.23. The Balaban J connectivity index is 1.96. The molecule has 3 heteroatoms. The maximum absolute atomic E-state index is 11.5. The third-order valence-electron chi connectivity index (χ3n) is 3.29. The van der Waals surface area contributed by atoms with Crippen molar-refractivity contribution >= 4 is 5.97 Å². The lowest BCUT2D eigenvalue weighted by molar-refractivity contribution is -0.146. The van der Waals surface area contributed by atoms with E-state index in [9.17, 15) is 4.79 Å². The Morgan fingerprint density at radius 3 is 3.15 bits per heavy atom. The van der Waals surface area contributed by atoms with E-state index in [0.717, 1.165) is 12.5 Å². The van der Waals surface area contributed by atoms with E-state index >= 15 is 0 Å². The van der Waals surface area contributed by atoms with Gasteiger partial charge in [0.1, 0.15) is 6.04 Å². The van der Waals surface area contributed by atoms with E-state index in [2.05, 4.69) is 5.32 Å². The highest BCUT2D eigenvalue weighted by atomic mass is 16.5. The lowest BCUT2D eigenvalue weighted by Crippen LogP contribution is -2.37. The first-order valence-electron chi connectivity index (χ1n) is 5.23. The number of rotatable bonds is 2. The fraction of sp³-hybridized carbons (Fsp3) is 0.900. The van der Waals surface area contributed by atoms with Crippen molar-refractivity contribution in [2.75, 3.05) is 13.2 Å². The van der Waals surface area contributed by atoms with Gasteiger partial charge in [-0.25, -0.2) is 0 Å². The van der Waals surface area contributed by atoms with Crippen LogP contribution < -0.4 is 5.32 Å². The number of esters is 1. The van der Waals surface area contributed by atoms with Crippen LogP contribution in [-0.4, -0.2) is 25.2 Å². The summed E-state index contributed by atoms with van der Waals surface area (Å²) < 4.78 is 5.03. The van der Waals surface area contributed by atoms with Gasteiger partial charge in [0, 0.05) is 0 Å². The van der Waals surface area contributed by atoms with E-state index in [1.54, 1.807) is 0 Å². The standard InChI is InChI=1S/C10H17NO2/c1-2-13-10(12)9-8-5-3-4-7(8)6-11-9/h7-9,11H,2-6H2,1H3/t7-,8-,9?/m0/s1. The smallest absolute Gasteiger partial charge is 0.323 e. The molecule has 74 valence electrons.